The van der Waals surface area contributed by atoms with Crippen molar-refractivity contribution in [1.29, 1.82) is 0 Å². The van der Waals surface area contributed by atoms with Crippen molar-refractivity contribution in [2.45, 2.75) is 26.4 Å². The minimum Gasteiger partial charge on any atom is -0.392 e. The highest BCUT2D eigenvalue weighted by Crippen LogP contribution is 2.01. The number of hydrogen-bond acceptors (Lipinski definition) is 2. The summed E-state index contributed by atoms with van der Waals surface area (Å²) in [6, 6.07) is 0. The number of nitrogens with one attached hydrogen (secondary N) is 1. The van der Waals surface area contributed by atoms with Gasteiger partial charge in [-0.2, -0.15) is 0 Å². The van der Waals surface area contributed by atoms with Crippen molar-refractivity contribution in [2.24, 2.45) is 0 Å². The van der Waals surface area contributed by atoms with Gasteiger partial charge in [0.2, 0.25) is 0 Å². The van der Waals surface area contributed by atoms with E-state index in [4.69, 9.17) is 16.7 Å². The molecule has 0 amide bonds. The molecule has 0 aliphatic rings. The van der Waals surface area contributed by atoms with Crippen molar-refractivity contribution in [2.75, 3.05) is 6.54 Å². The molecule has 0 aromatic rings. The second kappa shape index (κ2) is 7.19. The molecular weight excluding hydrogens is 174 g/mol. The van der Waals surface area contributed by atoms with Crippen LogP contribution in [0.5, 0.6) is 0 Å². The van der Waals surface area contributed by atoms with Crippen molar-refractivity contribution in [3.8, 4) is 0 Å². The van der Waals surface area contributed by atoms with E-state index < -0.39 is 0 Å². The first-order chi connectivity index (χ1) is 5.66. The summed E-state index contributed by atoms with van der Waals surface area (Å²) in [6.07, 6.45) is 6.11. The lowest BCUT2D eigenvalue weighted by Crippen LogP contribution is -2.19. The summed E-state index contributed by atoms with van der Waals surface area (Å²) in [4.78, 5) is 0. The maximum Gasteiger partial charge on any atom is 0.0684 e. The molecule has 70 valence electrons. The highest BCUT2D eigenvalue weighted by molar-refractivity contribution is 6.31. The molecule has 0 saturated carbocycles. The molecule has 0 spiro atoms. The number of aliphatic hydroxyl groups excluding tert-OH is 1. The molecular formula is C9H16ClNO. The summed E-state index contributed by atoms with van der Waals surface area (Å²) >= 11 is 5.77. The number of aliphatic hydroxyl groups is 1. The zero-order valence-corrected chi connectivity index (χ0v) is 8.30. The van der Waals surface area contributed by atoms with E-state index in [9.17, 15) is 0 Å². The van der Waals surface area contributed by atoms with Gasteiger partial charge in [-0.15, -0.1) is 0 Å². The third kappa shape index (κ3) is 7.63. The Morgan fingerprint density at radius 2 is 2.33 bits per heavy atom. The van der Waals surface area contributed by atoms with Gasteiger partial charge in [0.05, 0.1) is 11.1 Å². The lowest BCUT2D eigenvalue weighted by molar-refractivity contribution is 0.196. The zero-order chi connectivity index (χ0) is 9.40. The molecule has 0 fully saturated rings. The number of halogens is 1. The molecule has 12 heavy (non-hydrogen) atoms. The van der Waals surface area contributed by atoms with Crippen LogP contribution in [0.3, 0.4) is 0 Å². The minimum absolute atomic E-state index is 0.346. The largest absolute Gasteiger partial charge is 0.392 e. The van der Waals surface area contributed by atoms with E-state index in [1.807, 2.05) is 19.1 Å². The molecule has 1 unspecified atom stereocenters. The first kappa shape index (κ1) is 11.5. The molecule has 2 nitrogen and oxygen atoms in total. The molecule has 0 bridgehead atoms. The highest BCUT2D eigenvalue weighted by Gasteiger charge is 1.90. The van der Waals surface area contributed by atoms with Crippen LogP contribution in [0.15, 0.2) is 23.4 Å². The molecule has 0 rings (SSSR count). The molecule has 0 aliphatic carbocycles. The van der Waals surface area contributed by atoms with Crippen LogP contribution in [-0.4, -0.2) is 17.8 Å². The van der Waals surface area contributed by atoms with E-state index in [1.54, 1.807) is 13.1 Å². The quantitative estimate of drug-likeness (QED) is 0.649. The number of allylic oxidation sites excluding steroid dienone is 3. The molecule has 1 atom stereocenters. The fourth-order valence-electron chi connectivity index (χ4n) is 0.606. The fourth-order valence-corrected chi connectivity index (χ4v) is 0.772. The Labute approximate surface area is 78.9 Å². The van der Waals surface area contributed by atoms with E-state index in [0.29, 0.717) is 11.6 Å². The van der Waals surface area contributed by atoms with Crippen LogP contribution < -0.4 is 5.32 Å². The summed E-state index contributed by atoms with van der Waals surface area (Å²) in [5.74, 6) is 0. The van der Waals surface area contributed by atoms with Gasteiger partial charge in [-0.05, 0) is 19.4 Å². The van der Waals surface area contributed by atoms with E-state index in [0.717, 1.165) is 6.42 Å². The van der Waals surface area contributed by atoms with Crippen LogP contribution in [-0.2, 0) is 0 Å². The van der Waals surface area contributed by atoms with Gasteiger partial charge in [0.25, 0.3) is 0 Å². The maximum absolute atomic E-state index is 8.89. The van der Waals surface area contributed by atoms with Crippen molar-refractivity contribution in [3.05, 3.63) is 23.4 Å². The van der Waals surface area contributed by atoms with Crippen molar-refractivity contribution in [1.82, 2.24) is 5.32 Å². The number of rotatable bonds is 5. The van der Waals surface area contributed by atoms with Crippen LogP contribution in [0.1, 0.15) is 20.3 Å². The predicted molar refractivity (Wildman–Crippen MR) is 53.1 cm³/mol. The lowest BCUT2D eigenvalue weighted by atomic mass is 10.4. The van der Waals surface area contributed by atoms with Crippen LogP contribution in [0, 0.1) is 0 Å². The Hall–Kier alpha value is -0.470. The molecule has 0 aromatic heterocycles. The normalized spacial score (nSPS) is 15.2. The van der Waals surface area contributed by atoms with Gasteiger partial charge in [-0.3, -0.25) is 0 Å². The van der Waals surface area contributed by atoms with Crippen LogP contribution in [0.4, 0.5) is 0 Å². The molecule has 0 saturated heterocycles. The minimum atomic E-state index is -0.346. The molecule has 0 radical (unpaired) electrons. The van der Waals surface area contributed by atoms with E-state index in [-0.39, 0.29) is 6.10 Å². The average Bonchev–Trinajstić information content (AvgIpc) is 2.00. The predicted octanol–water partition coefficient (Wildman–Crippen LogP) is 2.00. The Morgan fingerprint density at radius 3 is 2.83 bits per heavy atom. The Morgan fingerprint density at radius 1 is 1.67 bits per heavy atom. The second-order valence-corrected chi connectivity index (χ2v) is 3.03. The topological polar surface area (TPSA) is 32.3 Å². The second-order valence-electron chi connectivity index (χ2n) is 2.60. The zero-order valence-electron chi connectivity index (χ0n) is 7.55. The first-order valence-electron chi connectivity index (χ1n) is 4.10. The third-order valence-electron chi connectivity index (χ3n) is 1.17. The Kier molecular flexibility index (Phi) is 6.91. The Balaban J connectivity index is 3.61. The van der Waals surface area contributed by atoms with Crippen LogP contribution in [0.25, 0.3) is 0 Å². The molecule has 0 aliphatic heterocycles. The van der Waals surface area contributed by atoms with E-state index in [2.05, 4.69) is 5.32 Å². The highest BCUT2D eigenvalue weighted by atomic mass is 35.5. The summed E-state index contributed by atoms with van der Waals surface area (Å²) in [5.41, 5.74) is 0. The SMILES string of the molecule is CC/C=C\C(Cl)=C/NCC(C)O. The van der Waals surface area contributed by atoms with Gasteiger partial charge in [0.1, 0.15) is 0 Å². The van der Waals surface area contributed by atoms with Gasteiger partial charge < -0.3 is 10.4 Å². The van der Waals surface area contributed by atoms with Crippen molar-refractivity contribution in [3.63, 3.8) is 0 Å². The fraction of sp³-hybridized carbons (Fsp3) is 0.556. The van der Waals surface area contributed by atoms with Crippen LogP contribution in [0.2, 0.25) is 0 Å². The standard InChI is InChI=1S/C9H16ClNO/c1-3-4-5-9(10)7-11-6-8(2)12/h4-5,7-8,11-12H,3,6H2,1-2H3/b5-4-,9-7+. The van der Waals surface area contributed by atoms with Gasteiger partial charge >= 0.3 is 0 Å². The van der Waals surface area contributed by atoms with Crippen LogP contribution >= 0.6 is 11.6 Å². The average molecular weight is 190 g/mol. The molecule has 3 heteroatoms. The molecule has 0 aromatic carbocycles. The van der Waals surface area contributed by atoms with Gasteiger partial charge in [0.15, 0.2) is 0 Å². The first-order valence-corrected chi connectivity index (χ1v) is 4.48. The molecule has 0 heterocycles. The van der Waals surface area contributed by atoms with Crippen molar-refractivity contribution >= 4 is 11.6 Å². The monoisotopic (exact) mass is 189 g/mol. The lowest BCUT2D eigenvalue weighted by Gasteiger charge is -2.02. The third-order valence-corrected chi connectivity index (χ3v) is 1.40. The van der Waals surface area contributed by atoms with Gasteiger partial charge in [0, 0.05) is 12.7 Å². The van der Waals surface area contributed by atoms with E-state index >= 15 is 0 Å². The number of hydrogen-bond donors (Lipinski definition) is 2. The Bertz CT molecular complexity index is 164. The summed E-state index contributed by atoms with van der Waals surface area (Å²) in [5, 5.41) is 12.4. The summed E-state index contributed by atoms with van der Waals surface area (Å²) in [7, 11) is 0. The van der Waals surface area contributed by atoms with E-state index in [1.165, 1.54) is 0 Å². The van der Waals surface area contributed by atoms with Gasteiger partial charge in [-0.1, -0.05) is 24.6 Å². The maximum atomic E-state index is 8.89. The summed E-state index contributed by atoms with van der Waals surface area (Å²) in [6.45, 7) is 4.29. The summed E-state index contributed by atoms with van der Waals surface area (Å²) < 4.78 is 0. The smallest absolute Gasteiger partial charge is 0.0684 e. The van der Waals surface area contributed by atoms with Crippen molar-refractivity contribution < 1.29 is 5.11 Å². The van der Waals surface area contributed by atoms with Gasteiger partial charge in [-0.25, -0.2) is 0 Å². The molecule has 2 N–H and O–H groups in total.